The first kappa shape index (κ1) is 12.1. The van der Waals surface area contributed by atoms with E-state index in [1.165, 1.54) is 12.3 Å². The van der Waals surface area contributed by atoms with Crippen molar-refractivity contribution in [3.8, 4) is 0 Å². The molecule has 5 heteroatoms. The molecule has 1 aromatic heterocycles. The standard InChI is InChI=1S/C12H12ClFN2O/c1-6(17)4-7-9(15)5-16-10-3-2-8(13)12(14)11(7)10/h2-3,5-6,17H,4,15H2,1H3. The molecule has 0 spiro atoms. The second kappa shape index (κ2) is 4.47. The van der Waals surface area contributed by atoms with Gasteiger partial charge < -0.3 is 10.8 Å². The zero-order chi connectivity index (χ0) is 12.6. The van der Waals surface area contributed by atoms with Gasteiger partial charge in [0.2, 0.25) is 0 Å². The number of pyridine rings is 1. The fraction of sp³-hybridized carbons (Fsp3) is 0.250. The second-order valence-corrected chi connectivity index (χ2v) is 4.41. The molecule has 0 aliphatic carbocycles. The summed E-state index contributed by atoms with van der Waals surface area (Å²) in [6.07, 6.45) is 1.12. The predicted octanol–water partition coefficient (Wildman–Crippen LogP) is 2.53. The highest BCUT2D eigenvalue weighted by atomic mass is 35.5. The average molecular weight is 255 g/mol. The summed E-state index contributed by atoms with van der Waals surface area (Å²) in [7, 11) is 0. The fourth-order valence-corrected chi connectivity index (χ4v) is 1.97. The minimum absolute atomic E-state index is 0.0248. The van der Waals surface area contributed by atoms with E-state index in [1.54, 1.807) is 13.0 Å². The number of rotatable bonds is 2. The molecule has 0 bridgehead atoms. The highest BCUT2D eigenvalue weighted by molar-refractivity contribution is 6.31. The number of hydrogen-bond acceptors (Lipinski definition) is 3. The molecule has 0 aliphatic heterocycles. The van der Waals surface area contributed by atoms with E-state index in [9.17, 15) is 9.50 Å². The highest BCUT2D eigenvalue weighted by Gasteiger charge is 2.15. The number of aliphatic hydroxyl groups excluding tert-OH is 1. The van der Waals surface area contributed by atoms with Crippen LogP contribution < -0.4 is 5.73 Å². The van der Waals surface area contributed by atoms with E-state index in [2.05, 4.69) is 4.98 Å². The number of nitrogens with zero attached hydrogens (tertiary/aromatic N) is 1. The van der Waals surface area contributed by atoms with E-state index in [4.69, 9.17) is 17.3 Å². The molecular weight excluding hydrogens is 243 g/mol. The molecule has 2 rings (SSSR count). The minimum Gasteiger partial charge on any atom is -0.397 e. The lowest BCUT2D eigenvalue weighted by atomic mass is 10.0. The number of nitrogen functional groups attached to an aromatic ring is 1. The number of aromatic nitrogens is 1. The normalized spacial score (nSPS) is 12.9. The molecule has 3 nitrogen and oxygen atoms in total. The zero-order valence-electron chi connectivity index (χ0n) is 9.24. The van der Waals surface area contributed by atoms with E-state index >= 15 is 0 Å². The van der Waals surface area contributed by atoms with Crippen LogP contribution in [0.1, 0.15) is 12.5 Å². The summed E-state index contributed by atoms with van der Waals surface area (Å²) in [5.41, 5.74) is 7.16. The zero-order valence-corrected chi connectivity index (χ0v) is 10.0. The summed E-state index contributed by atoms with van der Waals surface area (Å²) in [5, 5.41) is 9.73. The van der Waals surface area contributed by atoms with Crippen LogP contribution in [0.3, 0.4) is 0 Å². The molecule has 0 radical (unpaired) electrons. The summed E-state index contributed by atoms with van der Waals surface area (Å²) in [5.74, 6) is -0.542. The van der Waals surface area contributed by atoms with Gasteiger partial charge in [0, 0.05) is 11.8 Å². The number of anilines is 1. The Kier molecular flexibility index (Phi) is 3.17. The van der Waals surface area contributed by atoms with E-state index in [0.717, 1.165) is 0 Å². The van der Waals surface area contributed by atoms with Crippen LogP contribution in [-0.4, -0.2) is 16.2 Å². The Morgan fingerprint density at radius 1 is 1.53 bits per heavy atom. The van der Waals surface area contributed by atoms with Crippen molar-refractivity contribution in [1.82, 2.24) is 4.98 Å². The van der Waals surface area contributed by atoms with Gasteiger partial charge in [0.25, 0.3) is 0 Å². The number of halogens is 2. The largest absolute Gasteiger partial charge is 0.397 e. The Morgan fingerprint density at radius 2 is 2.24 bits per heavy atom. The van der Waals surface area contributed by atoms with Gasteiger partial charge in [-0.3, -0.25) is 4.98 Å². The monoisotopic (exact) mass is 254 g/mol. The average Bonchev–Trinajstić information content (AvgIpc) is 2.27. The van der Waals surface area contributed by atoms with Crippen molar-refractivity contribution in [3.63, 3.8) is 0 Å². The van der Waals surface area contributed by atoms with Crippen molar-refractivity contribution < 1.29 is 9.50 Å². The first-order chi connectivity index (χ1) is 8.00. The van der Waals surface area contributed by atoms with Gasteiger partial charge in [-0.05, 0) is 24.6 Å². The number of nitrogens with two attached hydrogens (primary N) is 1. The van der Waals surface area contributed by atoms with Gasteiger partial charge in [-0.2, -0.15) is 0 Å². The second-order valence-electron chi connectivity index (χ2n) is 4.00. The number of aliphatic hydroxyl groups is 1. The molecule has 17 heavy (non-hydrogen) atoms. The van der Waals surface area contributed by atoms with E-state index < -0.39 is 11.9 Å². The molecule has 0 saturated carbocycles. The first-order valence-corrected chi connectivity index (χ1v) is 5.57. The molecule has 0 amide bonds. The molecular formula is C12H12ClFN2O. The van der Waals surface area contributed by atoms with Gasteiger partial charge in [-0.1, -0.05) is 11.6 Å². The van der Waals surface area contributed by atoms with Gasteiger partial charge in [0.1, 0.15) is 0 Å². The van der Waals surface area contributed by atoms with Crippen molar-refractivity contribution >= 4 is 28.2 Å². The van der Waals surface area contributed by atoms with Crippen LogP contribution in [0.15, 0.2) is 18.3 Å². The summed E-state index contributed by atoms with van der Waals surface area (Å²) in [6.45, 7) is 1.62. The van der Waals surface area contributed by atoms with Crippen molar-refractivity contribution in [2.75, 3.05) is 5.73 Å². The maximum Gasteiger partial charge on any atom is 0.151 e. The van der Waals surface area contributed by atoms with Crippen LogP contribution in [0, 0.1) is 5.82 Å². The van der Waals surface area contributed by atoms with Crippen LogP contribution in [0.25, 0.3) is 10.9 Å². The molecule has 0 saturated heterocycles. The summed E-state index contributed by atoms with van der Waals surface area (Å²) >= 11 is 5.74. The lowest BCUT2D eigenvalue weighted by Crippen LogP contribution is -2.08. The Hall–Kier alpha value is -1.39. The fourth-order valence-electron chi connectivity index (χ4n) is 1.81. The molecule has 90 valence electrons. The quantitative estimate of drug-likeness (QED) is 0.866. The maximum absolute atomic E-state index is 14.0. The topological polar surface area (TPSA) is 59.1 Å². The van der Waals surface area contributed by atoms with Crippen LogP contribution in [0.5, 0.6) is 0 Å². The molecule has 0 fully saturated rings. The minimum atomic E-state index is -0.610. The Labute approximate surface area is 103 Å². The third-order valence-electron chi connectivity index (χ3n) is 2.57. The van der Waals surface area contributed by atoms with Gasteiger partial charge in [0.05, 0.1) is 28.5 Å². The van der Waals surface area contributed by atoms with Crippen LogP contribution >= 0.6 is 11.6 Å². The number of fused-ring (bicyclic) bond motifs is 1. The molecule has 1 heterocycles. The van der Waals surface area contributed by atoms with Crippen molar-refractivity contribution in [2.24, 2.45) is 0 Å². The van der Waals surface area contributed by atoms with Gasteiger partial charge in [0.15, 0.2) is 5.82 Å². The molecule has 1 unspecified atom stereocenters. The van der Waals surface area contributed by atoms with Crippen molar-refractivity contribution in [3.05, 3.63) is 34.7 Å². The van der Waals surface area contributed by atoms with E-state index in [-0.39, 0.29) is 11.4 Å². The van der Waals surface area contributed by atoms with E-state index in [1.807, 2.05) is 0 Å². The maximum atomic E-state index is 14.0. The Balaban J connectivity index is 2.78. The lowest BCUT2D eigenvalue weighted by molar-refractivity contribution is 0.196. The lowest BCUT2D eigenvalue weighted by Gasteiger charge is -2.12. The van der Waals surface area contributed by atoms with Gasteiger partial charge in [-0.15, -0.1) is 0 Å². The summed E-state index contributed by atoms with van der Waals surface area (Å²) in [4.78, 5) is 4.05. The van der Waals surface area contributed by atoms with Gasteiger partial charge in [-0.25, -0.2) is 4.39 Å². The predicted molar refractivity (Wildman–Crippen MR) is 66.5 cm³/mol. The molecule has 1 aromatic carbocycles. The number of benzene rings is 1. The van der Waals surface area contributed by atoms with Crippen molar-refractivity contribution in [2.45, 2.75) is 19.4 Å². The van der Waals surface area contributed by atoms with Crippen molar-refractivity contribution in [1.29, 1.82) is 0 Å². The molecule has 3 N–H and O–H groups in total. The molecule has 2 aromatic rings. The summed E-state index contributed by atoms with van der Waals surface area (Å²) in [6, 6.07) is 3.08. The SMILES string of the molecule is CC(O)Cc1c(N)cnc2ccc(Cl)c(F)c12. The first-order valence-electron chi connectivity index (χ1n) is 5.20. The van der Waals surface area contributed by atoms with E-state index in [0.29, 0.717) is 22.2 Å². The Morgan fingerprint density at radius 3 is 2.88 bits per heavy atom. The van der Waals surface area contributed by atoms with Gasteiger partial charge >= 0.3 is 0 Å². The van der Waals surface area contributed by atoms with Crippen LogP contribution in [0.2, 0.25) is 5.02 Å². The van der Waals surface area contributed by atoms with Crippen LogP contribution in [-0.2, 0) is 6.42 Å². The third kappa shape index (κ3) is 2.18. The molecule has 0 aliphatic rings. The third-order valence-corrected chi connectivity index (χ3v) is 2.86. The number of hydrogen-bond donors (Lipinski definition) is 2. The Bertz CT molecular complexity index is 567. The smallest absolute Gasteiger partial charge is 0.151 e. The molecule has 1 atom stereocenters. The summed E-state index contributed by atoms with van der Waals surface area (Å²) < 4.78 is 14.0. The van der Waals surface area contributed by atoms with Crippen LogP contribution in [0.4, 0.5) is 10.1 Å². The highest BCUT2D eigenvalue weighted by Crippen LogP contribution is 2.30.